The molecule has 30 heavy (non-hydrogen) atoms. The van der Waals surface area contributed by atoms with Crippen LogP contribution in [0.5, 0.6) is 5.75 Å². The highest BCUT2D eigenvalue weighted by Crippen LogP contribution is 2.29. The SMILES string of the molecule is COc1ccccc1CSc1nnc2n(-c3ccccc3)c(=O)c3ccccc3n12. The first kappa shape index (κ1) is 18.4. The number of methoxy groups -OCH3 is 1. The summed E-state index contributed by atoms with van der Waals surface area (Å²) in [5.74, 6) is 2.00. The first-order valence-corrected chi connectivity index (χ1v) is 10.5. The van der Waals surface area contributed by atoms with Gasteiger partial charge in [0.2, 0.25) is 5.78 Å². The van der Waals surface area contributed by atoms with Crippen molar-refractivity contribution in [1.82, 2.24) is 19.2 Å². The second-order valence-corrected chi connectivity index (χ2v) is 7.65. The lowest BCUT2D eigenvalue weighted by Gasteiger charge is -2.11. The molecule has 0 saturated heterocycles. The zero-order valence-corrected chi connectivity index (χ0v) is 17.0. The zero-order valence-electron chi connectivity index (χ0n) is 16.2. The maximum absolute atomic E-state index is 13.3. The van der Waals surface area contributed by atoms with Crippen LogP contribution >= 0.6 is 11.8 Å². The third-order valence-corrected chi connectivity index (χ3v) is 5.94. The Balaban J connectivity index is 1.70. The van der Waals surface area contributed by atoms with Gasteiger partial charge < -0.3 is 4.74 Å². The molecule has 2 aromatic heterocycles. The highest BCUT2D eigenvalue weighted by Gasteiger charge is 2.18. The lowest BCUT2D eigenvalue weighted by Crippen LogP contribution is -2.21. The predicted octanol–water partition coefficient (Wildman–Crippen LogP) is 4.33. The van der Waals surface area contributed by atoms with E-state index >= 15 is 0 Å². The van der Waals surface area contributed by atoms with Crippen molar-refractivity contribution in [2.24, 2.45) is 0 Å². The molecule has 0 saturated carbocycles. The van der Waals surface area contributed by atoms with Crippen LogP contribution in [0, 0.1) is 0 Å². The van der Waals surface area contributed by atoms with Crippen LogP contribution in [0.2, 0.25) is 0 Å². The van der Waals surface area contributed by atoms with Crippen LogP contribution in [-0.4, -0.2) is 26.3 Å². The largest absolute Gasteiger partial charge is 0.496 e. The minimum atomic E-state index is -0.113. The first-order valence-electron chi connectivity index (χ1n) is 9.47. The Bertz CT molecular complexity index is 1410. The number of hydrogen-bond acceptors (Lipinski definition) is 5. The van der Waals surface area contributed by atoms with E-state index in [1.807, 2.05) is 83.3 Å². The average Bonchev–Trinajstić information content (AvgIpc) is 3.22. The predicted molar refractivity (Wildman–Crippen MR) is 119 cm³/mol. The van der Waals surface area contributed by atoms with Crippen molar-refractivity contribution in [2.45, 2.75) is 10.9 Å². The van der Waals surface area contributed by atoms with Gasteiger partial charge in [-0.1, -0.05) is 60.3 Å². The van der Waals surface area contributed by atoms with Crippen molar-refractivity contribution in [3.05, 3.63) is 94.8 Å². The highest BCUT2D eigenvalue weighted by atomic mass is 32.2. The number of ether oxygens (including phenoxy) is 1. The van der Waals surface area contributed by atoms with Gasteiger partial charge in [-0.05, 0) is 30.3 Å². The molecule has 0 aliphatic carbocycles. The Labute approximate surface area is 176 Å². The van der Waals surface area contributed by atoms with E-state index in [1.54, 1.807) is 23.4 Å². The molecule has 0 spiro atoms. The van der Waals surface area contributed by atoms with E-state index in [1.165, 1.54) is 0 Å². The van der Waals surface area contributed by atoms with Crippen LogP contribution < -0.4 is 10.3 Å². The maximum Gasteiger partial charge on any atom is 0.267 e. The van der Waals surface area contributed by atoms with E-state index in [-0.39, 0.29) is 5.56 Å². The van der Waals surface area contributed by atoms with Crippen LogP contribution in [0.25, 0.3) is 22.4 Å². The molecule has 5 rings (SSSR count). The zero-order chi connectivity index (χ0) is 20.5. The standard InChI is InChI=1S/C23H18N4O2S/c1-29-20-14-8-5-9-16(20)15-30-23-25-24-22-26(17-10-3-2-4-11-17)21(28)18-12-6-7-13-19(18)27(22)23/h2-14H,15H2,1H3. The molecule has 3 aromatic carbocycles. The number of thioether (sulfide) groups is 1. The second-order valence-electron chi connectivity index (χ2n) is 6.71. The van der Waals surface area contributed by atoms with E-state index in [2.05, 4.69) is 10.2 Å². The fraction of sp³-hybridized carbons (Fsp3) is 0.0870. The Kier molecular flexibility index (Phi) is 4.72. The molecule has 148 valence electrons. The summed E-state index contributed by atoms with van der Waals surface area (Å²) >= 11 is 1.56. The molecule has 0 N–H and O–H groups in total. The molecule has 7 heteroatoms. The number of benzene rings is 3. The number of rotatable bonds is 5. The van der Waals surface area contributed by atoms with Crippen LogP contribution in [-0.2, 0) is 5.75 Å². The summed E-state index contributed by atoms with van der Waals surface area (Å²) in [5, 5.41) is 10.1. The van der Waals surface area contributed by atoms with Gasteiger partial charge in [0, 0.05) is 11.3 Å². The molecule has 0 aliphatic rings. The molecule has 0 atom stereocenters. The van der Waals surface area contributed by atoms with Gasteiger partial charge in [-0.25, -0.2) is 4.57 Å². The third kappa shape index (κ3) is 3.04. The smallest absolute Gasteiger partial charge is 0.267 e. The Morgan fingerprint density at radius 2 is 1.63 bits per heavy atom. The quantitative estimate of drug-likeness (QED) is 0.401. The number of hydrogen-bond donors (Lipinski definition) is 0. The summed E-state index contributed by atoms with van der Waals surface area (Å²) < 4.78 is 9.03. The van der Waals surface area contributed by atoms with Crippen molar-refractivity contribution in [2.75, 3.05) is 7.11 Å². The van der Waals surface area contributed by atoms with Crippen molar-refractivity contribution < 1.29 is 4.74 Å². The van der Waals surface area contributed by atoms with E-state index < -0.39 is 0 Å². The molecule has 0 unspecified atom stereocenters. The van der Waals surface area contributed by atoms with Gasteiger partial charge in [-0.3, -0.25) is 9.20 Å². The Morgan fingerprint density at radius 3 is 2.47 bits per heavy atom. The van der Waals surface area contributed by atoms with E-state index in [0.717, 1.165) is 27.7 Å². The molecule has 5 aromatic rings. The van der Waals surface area contributed by atoms with E-state index in [0.29, 0.717) is 16.9 Å². The summed E-state index contributed by atoms with van der Waals surface area (Å²) in [6, 6.07) is 25.0. The minimum Gasteiger partial charge on any atom is -0.496 e. The van der Waals surface area contributed by atoms with Crippen LogP contribution in [0.3, 0.4) is 0 Å². The third-order valence-electron chi connectivity index (χ3n) is 4.96. The fourth-order valence-corrected chi connectivity index (χ4v) is 4.48. The van der Waals surface area contributed by atoms with Gasteiger partial charge in [0.05, 0.1) is 23.7 Å². The molecule has 2 heterocycles. The Morgan fingerprint density at radius 1 is 0.900 bits per heavy atom. The number of nitrogens with zero attached hydrogens (tertiary/aromatic N) is 4. The number of para-hydroxylation sites is 3. The van der Waals surface area contributed by atoms with Gasteiger partial charge >= 0.3 is 0 Å². The molecule has 6 nitrogen and oxygen atoms in total. The van der Waals surface area contributed by atoms with Gasteiger partial charge in [-0.15, -0.1) is 10.2 Å². The lowest BCUT2D eigenvalue weighted by atomic mass is 10.2. The minimum absolute atomic E-state index is 0.113. The molecule has 0 fully saturated rings. The average molecular weight is 414 g/mol. The number of fused-ring (bicyclic) bond motifs is 3. The number of aromatic nitrogens is 4. The molecule has 0 aliphatic heterocycles. The molecule has 0 amide bonds. The summed E-state index contributed by atoms with van der Waals surface area (Å²) in [6.07, 6.45) is 0. The van der Waals surface area contributed by atoms with Crippen molar-refractivity contribution in [3.63, 3.8) is 0 Å². The highest BCUT2D eigenvalue weighted by molar-refractivity contribution is 7.98. The van der Waals surface area contributed by atoms with Gasteiger partial charge in [0.25, 0.3) is 5.56 Å². The molecular formula is C23H18N4O2S. The summed E-state index contributed by atoms with van der Waals surface area (Å²) in [5.41, 5.74) is 2.50. The Hall–Kier alpha value is -3.58. The lowest BCUT2D eigenvalue weighted by molar-refractivity contribution is 0.411. The molecule has 0 radical (unpaired) electrons. The van der Waals surface area contributed by atoms with Gasteiger partial charge in [-0.2, -0.15) is 0 Å². The van der Waals surface area contributed by atoms with Gasteiger partial charge in [0.15, 0.2) is 5.16 Å². The maximum atomic E-state index is 13.3. The summed E-state index contributed by atoms with van der Waals surface area (Å²) in [7, 11) is 1.67. The van der Waals surface area contributed by atoms with Crippen molar-refractivity contribution in [3.8, 4) is 11.4 Å². The normalized spacial score (nSPS) is 11.2. The molecule has 0 bridgehead atoms. The van der Waals surface area contributed by atoms with E-state index in [9.17, 15) is 4.79 Å². The summed E-state index contributed by atoms with van der Waals surface area (Å²) in [4.78, 5) is 13.3. The topological polar surface area (TPSA) is 61.4 Å². The van der Waals surface area contributed by atoms with Crippen LogP contribution in [0.1, 0.15) is 5.56 Å². The van der Waals surface area contributed by atoms with Crippen LogP contribution in [0.15, 0.2) is 88.8 Å². The van der Waals surface area contributed by atoms with Crippen molar-refractivity contribution >= 4 is 28.4 Å². The van der Waals surface area contributed by atoms with E-state index in [4.69, 9.17) is 4.74 Å². The van der Waals surface area contributed by atoms with Crippen LogP contribution in [0.4, 0.5) is 0 Å². The molecular weight excluding hydrogens is 396 g/mol. The van der Waals surface area contributed by atoms with Gasteiger partial charge in [0.1, 0.15) is 5.75 Å². The monoisotopic (exact) mass is 414 g/mol. The first-order chi connectivity index (χ1) is 14.8. The fourth-order valence-electron chi connectivity index (χ4n) is 3.55. The summed E-state index contributed by atoms with van der Waals surface area (Å²) in [6.45, 7) is 0. The van der Waals surface area contributed by atoms with Crippen molar-refractivity contribution in [1.29, 1.82) is 0 Å². The second kappa shape index (κ2) is 7.68.